The largest absolute Gasteiger partial charge is 0.462 e. The summed E-state index contributed by atoms with van der Waals surface area (Å²) >= 11 is 0. The van der Waals surface area contributed by atoms with Crippen LogP contribution in [0.3, 0.4) is 0 Å². The van der Waals surface area contributed by atoms with Crippen LogP contribution in [-0.2, 0) is 28.5 Å². The molecule has 0 bridgehead atoms. The molecule has 6 nitrogen and oxygen atoms in total. The highest BCUT2D eigenvalue weighted by Crippen LogP contribution is 2.50. The second-order valence-electron chi connectivity index (χ2n) is 5.48. The van der Waals surface area contributed by atoms with Crippen LogP contribution in [0.25, 0.3) is 0 Å². The van der Waals surface area contributed by atoms with Crippen LogP contribution in [0, 0.1) is 17.8 Å². The maximum atomic E-state index is 11.2. The van der Waals surface area contributed by atoms with Crippen LogP contribution in [0.1, 0.15) is 20.3 Å². The van der Waals surface area contributed by atoms with Gasteiger partial charge in [-0.05, 0) is 12.3 Å². The predicted octanol–water partition coefficient (Wildman–Crippen LogP) is 0.489. The smallest absolute Gasteiger partial charge is 0.302 e. The normalized spacial score (nSPS) is 43.7. The van der Waals surface area contributed by atoms with E-state index in [-0.39, 0.29) is 42.3 Å². The number of hydrogen-bond donors (Lipinski definition) is 0. The molecule has 1 aliphatic carbocycles. The summed E-state index contributed by atoms with van der Waals surface area (Å²) in [6, 6.07) is 0. The second kappa shape index (κ2) is 4.76. The lowest BCUT2D eigenvalue weighted by Gasteiger charge is -2.38. The summed E-state index contributed by atoms with van der Waals surface area (Å²) in [7, 11) is 0. The molecule has 3 aliphatic rings. The lowest BCUT2D eigenvalue weighted by atomic mass is 9.84. The first-order valence-corrected chi connectivity index (χ1v) is 6.64. The fourth-order valence-corrected chi connectivity index (χ4v) is 3.70. The lowest BCUT2D eigenvalue weighted by Crippen LogP contribution is -2.48. The Morgan fingerprint density at radius 1 is 0.947 bits per heavy atom. The Morgan fingerprint density at radius 2 is 1.58 bits per heavy atom. The van der Waals surface area contributed by atoms with Crippen LogP contribution in [0.4, 0.5) is 0 Å². The Balaban J connectivity index is 1.81. The molecule has 0 spiro atoms. The Labute approximate surface area is 111 Å². The molecule has 1 unspecified atom stereocenters. The minimum atomic E-state index is -0.352. The summed E-state index contributed by atoms with van der Waals surface area (Å²) in [6.07, 6.45) is -0.0451. The first-order chi connectivity index (χ1) is 9.06. The number of carbonyl (C=O) groups excluding carboxylic acids is 2. The standard InChI is InChI=1S/C13H18O6/c1-6(14)18-9-3-8-4-16-13-11(8)12(9)10(5-17-13)19-7(2)15/h8-13H,3-5H2,1-2H3/t8?,9-,10-,11+,12+,13-/m0/s1. The van der Waals surface area contributed by atoms with Crippen LogP contribution < -0.4 is 0 Å². The van der Waals surface area contributed by atoms with Crippen molar-refractivity contribution in [1.29, 1.82) is 0 Å². The second-order valence-corrected chi connectivity index (χ2v) is 5.48. The van der Waals surface area contributed by atoms with Gasteiger partial charge in [-0.3, -0.25) is 9.59 Å². The van der Waals surface area contributed by atoms with E-state index in [4.69, 9.17) is 18.9 Å². The van der Waals surface area contributed by atoms with Gasteiger partial charge in [-0.15, -0.1) is 0 Å². The molecule has 106 valence electrons. The summed E-state index contributed by atoms with van der Waals surface area (Å²) in [4.78, 5) is 22.4. The van der Waals surface area contributed by atoms with E-state index in [0.29, 0.717) is 19.1 Å². The maximum Gasteiger partial charge on any atom is 0.302 e. The topological polar surface area (TPSA) is 71.1 Å². The average molecular weight is 270 g/mol. The Bertz CT molecular complexity index is 377. The van der Waals surface area contributed by atoms with Crippen LogP contribution in [0.5, 0.6) is 0 Å². The van der Waals surface area contributed by atoms with E-state index in [1.165, 1.54) is 13.8 Å². The van der Waals surface area contributed by atoms with Crippen molar-refractivity contribution in [3.63, 3.8) is 0 Å². The van der Waals surface area contributed by atoms with Gasteiger partial charge in [0.05, 0.1) is 13.2 Å². The van der Waals surface area contributed by atoms with Gasteiger partial charge >= 0.3 is 11.9 Å². The van der Waals surface area contributed by atoms with E-state index in [1.54, 1.807) is 0 Å². The highest BCUT2D eigenvalue weighted by molar-refractivity contribution is 5.67. The molecule has 19 heavy (non-hydrogen) atoms. The molecule has 0 aromatic rings. The van der Waals surface area contributed by atoms with Crippen molar-refractivity contribution < 1.29 is 28.5 Å². The van der Waals surface area contributed by atoms with Crippen LogP contribution >= 0.6 is 0 Å². The maximum absolute atomic E-state index is 11.2. The summed E-state index contributed by atoms with van der Waals surface area (Å²) in [5.74, 6) is -0.175. The quantitative estimate of drug-likeness (QED) is 0.680. The zero-order chi connectivity index (χ0) is 13.6. The van der Waals surface area contributed by atoms with Gasteiger partial charge in [0.25, 0.3) is 0 Å². The minimum Gasteiger partial charge on any atom is -0.462 e. The molecule has 0 N–H and O–H groups in total. The number of hydrogen-bond acceptors (Lipinski definition) is 6. The molecule has 1 saturated carbocycles. The third-order valence-corrected chi connectivity index (χ3v) is 4.23. The molecule has 2 heterocycles. The van der Waals surface area contributed by atoms with E-state index in [2.05, 4.69) is 0 Å². The van der Waals surface area contributed by atoms with E-state index in [0.717, 1.165) is 6.42 Å². The van der Waals surface area contributed by atoms with Gasteiger partial charge in [0.2, 0.25) is 0 Å². The molecule has 3 rings (SSSR count). The van der Waals surface area contributed by atoms with Gasteiger partial charge in [-0.2, -0.15) is 0 Å². The summed E-state index contributed by atoms with van der Waals surface area (Å²) in [5.41, 5.74) is 0. The monoisotopic (exact) mass is 270 g/mol. The Kier molecular flexibility index (Phi) is 3.22. The van der Waals surface area contributed by atoms with Gasteiger partial charge in [-0.1, -0.05) is 0 Å². The Morgan fingerprint density at radius 3 is 2.26 bits per heavy atom. The van der Waals surface area contributed by atoms with E-state index in [9.17, 15) is 9.59 Å². The van der Waals surface area contributed by atoms with Crippen molar-refractivity contribution in [2.24, 2.45) is 17.8 Å². The molecular weight excluding hydrogens is 252 g/mol. The molecule has 0 amide bonds. The SMILES string of the molecule is CC(=O)O[C@H]1CO[C@@H]2OCC3C[C@H](OC(C)=O)[C@H]1[C@@H]32. The molecular formula is C13H18O6. The van der Waals surface area contributed by atoms with Crippen molar-refractivity contribution in [3.05, 3.63) is 0 Å². The van der Waals surface area contributed by atoms with Crippen LogP contribution in [0.15, 0.2) is 0 Å². The van der Waals surface area contributed by atoms with Crippen molar-refractivity contribution >= 4 is 11.9 Å². The molecule has 0 aromatic heterocycles. The minimum absolute atomic E-state index is 0.0148. The fourth-order valence-electron chi connectivity index (χ4n) is 3.70. The highest BCUT2D eigenvalue weighted by atomic mass is 16.7. The van der Waals surface area contributed by atoms with Crippen molar-refractivity contribution in [2.75, 3.05) is 13.2 Å². The first-order valence-electron chi connectivity index (χ1n) is 6.64. The third-order valence-electron chi connectivity index (χ3n) is 4.23. The lowest BCUT2D eigenvalue weighted by molar-refractivity contribution is -0.221. The first kappa shape index (κ1) is 12.9. The van der Waals surface area contributed by atoms with E-state index >= 15 is 0 Å². The van der Waals surface area contributed by atoms with Crippen LogP contribution in [0.2, 0.25) is 0 Å². The molecule has 3 fully saturated rings. The number of esters is 2. The molecule has 2 saturated heterocycles. The van der Waals surface area contributed by atoms with Crippen LogP contribution in [-0.4, -0.2) is 43.7 Å². The summed E-state index contributed by atoms with van der Waals surface area (Å²) in [5, 5.41) is 0. The summed E-state index contributed by atoms with van der Waals surface area (Å²) in [6.45, 7) is 3.71. The fraction of sp³-hybridized carbons (Fsp3) is 0.846. The van der Waals surface area contributed by atoms with Gasteiger partial charge in [-0.25, -0.2) is 0 Å². The van der Waals surface area contributed by atoms with Gasteiger partial charge in [0.15, 0.2) is 6.29 Å². The number of carbonyl (C=O) groups is 2. The van der Waals surface area contributed by atoms with E-state index in [1.807, 2.05) is 0 Å². The van der Waals surface area contributed by atoms with Gasteiger partial charge in [0, 0.05) is 25.7 Å². The Hall–Kier alpha value is -1.14. The molecule has 6 heteroatoms. The molecule has 0 aromatic carbocycles. The third kappa shape index (κ3) is 2.23. The highest BCUT2D eigenvalue weighted by Gasteiger charge is 2.59. The van der Waals surface area contributed by atoms with E-state index < -0.39 is 0 Å². The van der Waals surface area contributed by atoms with Crippen molar-refractivity contribution in [3.8, 4) is 0 Å². The average Bonchev–Trinajstić information content (AvgIpc) is 2.85. The molecule has 0 radical (unpaired) electrons. The molecule has 2 aliphatic heterocycles. The van der Waals surface area contributed by atoms with Crippen molar-refractivity contribution in [1.82, 2.24) is 0 Å². The zero-order valence-corrected chi connectivity index (χ0v) is 11.0. The number of rotatable bonds is 2. The van der Waals surface area contributed by atoms with Gasteiger partial charge in [0.1, 0.15) is 12.2 Å². The predicted molar refractivity (Wildman–Crippen MR) is 61.9 cm³/mol. The zero-order valence-electron chi connectivity index (χ0n) is 11.0. The molecule has 6 atom stereocenters. The van der Waals surface area contributed by atoms with Crippen molar-refractivity contribution in [2.45, 2.75) is 38.8 Å². The van der Waals surface area contributed by atoms with Gasteiger partial charge < -0.3 is 18.9 Å². The number of ether oxygens (including phenoxy) is 4. The summed E-state index contributed by atoms with van der Waals surface area (Å²) < 4.78 is 21.9.